The van der Waals surface area contributed by atoms with E-state index in [1.807, 2.05) is 17.8 Å². The highest BCUT2D eigenvalue weighted by Crippen LogP contribution is 2.16. The molecule has 108 valence electrons. The molecule has 0 fully saturated rings. The van der Waals surface area contributed by atoms with Crippen LogP contribution in [0, 0.1) is 5.41 Å². The molecular formula is C16H22N2OS. The van der Waals surface area contributed by atoms with Gasteiger partial charge in [-0.15, -0.1) is 11.3 Å². The number of hydrogen-bond acceptors (Lipinski definition) is 4. The molecule has 20 heavy (non-hydrogen) atoms. The van der Waals surface area contributed by atoms with Crippen molar-refractivity contribution in [3.63, 3.8) is 0 Å². The Morgan fingerprint density at radius 3 is 2.75 bits per heavy atom. The minimum absolute atomic E-state index is 0.124. The van der Waals surface area contributed by atoms with Crippen molar-refractivity contribution >= 4 is 11.3 Å². The Hall–Kier alpha value is -1.23. The van der Waals surface area contributed by atoms with Crippen LogP contribution in [0.15, 0.2) is 42.0 Å². The number of aromatic nitrogens is 1. The van der Waals surface area contributed by atoms with Crippen molar-refractivity contribution in [3.05, 3.63) is 52.5 Å². The fraction of sp³-hybridized carbons (Fsp3) is 0.438. The summed E-state index contributed by atoms with van der Waals surface area (Å²) in [6.07, 6.45) is 1.87. The molecule has 2 aromatic rings. The average Bonchev–Trinajstić information content (AvgIpc) is 2.93. The molecule has 1 aromatic carbocycles. The summed E-state index contributed by atoms with van der Waals surface area (Å²) in [7, 11) is 0. The summed E-state index contributed by atoms with van der Waals surface area (Å²) in [5.41, 5.74) is 3.28. The maximum atomic E-state index is 5.78. The van der Waals surface area contributed by atoms with E-state index in [0.29, 0.717) is 6.61 Å². The summed E-state index contributed by atoms with van der Waals surface area (Å²) in [5, 5.41) is 3.50. The van der Waals surface area contributed by atoms with Crippen molar-refractivity contribution in [2.75, 3.05) is 13.2 Å². The van der Waals surface area contributed by atoms with Crippen molar-refractivity contribution in [3.8, 4) is 0 Å². The first-order chi connectivity index (χ1) is 9.66. The molecule has 3 nitrogen and oxygen atoms in total. The van der Waals surface area contributed by atoms with Crippen LogP contribution >= 0.6 is 11.3 Å². The van der Waals surface area contributed by atoms with E-state index in [1.54, 1.807) is 11.3 Å². The van der Waals surface area contributed by atoms with Crippen LogP contribution in [0.5, 0.6) is 0 Å². The molecule has 0 unspecified atom stereocenters. The Morgan fingerprint density at radius 2 is 2.05 bits per heavy atom. The van der Waals surface area contributed by atoms with E-state index >= 15 is 0 Å². The van der Waals surface area contributed by atoms with Crippen LogP contribution in [0.1, 0.15) is 24.3 Å². The summed E-state index contributed by atoms with van der Waals surface area (Å²) in [6.45, 7) is 7.68. The number of benzene rings is 1. The second-order valence-electron chi connectivity index (χ2n) is 5.71. The molecule has 0 aliphatic heterocycles. The molecule has 0 saturated carbocycles. The maximum absolute atomic E-state index is 5.78. The van der Waals surface area contributed by atoms with Crippen molar-refractivity contribution in [2.45, 2.75) is 27.0 Å². The first-order valence-corrected chi connectivity index (χ1v) is 7.73. The third-order valence-corrected chi connectivity index (χ3v) is 3.75. The Bertz CT molecular complexity index is 482. The van der Waals surface area contributed by atoms with E-state index in [-0.39, 0.29) is 5.41 Å². The molecule has 0 spiro atoms. The third kappa shape index (κ3) is 5.41. The van der Waals surface area contributed by atoms with Crippen LogP contribution < -0.4 is 5.32 Å². The van der Waals surface area contributed by atoms with E-state index in [4.69, 9.17) is 4.74 Å². The zero-order chi connectivity index (χ0) is 14.3. The normalized spacial score (nSPS) is 11.7. The van der Waals surface area contributed by atoms with Crippen molar-refractivity contribution < 1.29 is 4.74 Å². The molecule has 0 radical (unpaired) electrons. The number of thiazole rings is 1. The Labute approximate surface area is 125 Å². The lowest BCUT2D eigenvalue weighted by Gasteiger charge is -2.24. The standard InChI is InChI=1S/C16H22N2OS/c1-16(2,12-19-10-15-9-18-13-20-15)11-17-8-14-6-4-3-5-7-14/h3-7,9,13,17H,8,10-12H2,1-2H3. The Morgan fingerprint density at radius 1 is 1.25 bits per heavy atom. The largest absolute Gasteiger partial charge is 0.375 e. The van der Waals surface area contributed by atoms with Crippen LogP contribution in [0.4, 0.5) is 0 Å². The summed E-state index contributed by atoms with van der Waals surface area (Å²) < 4.78 is 5.78. The third-order valence-electron chi connectivity index (χ3n) is 3.00. The maximum Gasteiger partial charge on any atom is 0.0825 e. The topological polar surface area (TPSA) is 34.1 Å². The molecule has 0 atom stereocenters. The van der Waals surface area contributed by atoms with Gasteiger partial charge in [-0.05, 0) is 5.56 Å². The number of rotatable bonds is 8. The SMILES string of the molecule is CC(C)(CNCc1ccccc1)COCc1cncs1. The van der Waals surface area contributed by atoms with E-state index in [2.05, 4.69) is 48.4 Å². The van der Waals surface area contributed by atoms with Crippen molar-refractivity contribution in [1.29, 1.82) is 0 Å². The lowest BCUT2D eigenvalue weighted by Crippen LogP contribution is -2.32. The number of nitrogens with zero attached hydrogens (tertiary/aromatic N) is 1. The van der Waals surface area contributed by atoms with Gasteiger partial charge in [-0.3, -0.25) is 4.98 Å². The molecule has 2 rings (SSSR count). The molecule has 0 amide bonds. The van der Waals surface area contributed by atoms with Gasteiger partial charge in [0.1, 0.15) is 0 Å². The second-order valence-corrected chi connectivity index (χ2v) is 6.68. The smallest absolute Gasteiger partial charge is 0.0825 e. The predicted octanol–water partition coefficient (Wildman–Crippen LogP) is 3.48. The quantitative estimate of drug-likeness (QED) is 0.808. The molecule has 0 saturated heterocycles. The molecule has 1 heterocycles. The number of nitrogens with one attached hydrogen (secondary N) is 1. The summed E-state index contributed by atoms with van der Waals surface area (Å²) in [5.74, 6) is 0. The van der Waals surface area contributed by atoms with Gasteiger partial charge in [0.2, 0.25) is 0 Å². The van der Waals surface area contributed by atoms with E-state index in [9.17, 15) is 0 Å². The van der Waals surface area contributed by atoms with Crippen LogP contribution in [0.3, 0.4) is 0 Å². The van der Waals surface area contributed by atoms with Gasteiger partial charge in [0.25, 0.3) is 0 Å². The summed E-state index contributed by atoms with van der Waals surface area (Å²) >= 11 is 1.64. The molecule has 1 N–H and O–H groups in total. The zero-order valence-corrected chi connectivity index (χ0v) is 13.0. The molecule has 0 aliphatic carbocycles. The number of hydrogen-bond donors (Lipinski definition) is 1. The van der Waals surface area contributed by atoms with Gasteiger partial charge in [-0.2, -0.15) is 0 Å². The van der Waals surface area contributed by atoms with Crippen LogP contribution in [-0.2, 0) is 17.9 Å². The van der Waals surface area contributed by atoms with E-state index in [0.717, 1.165) is 19.7 Å². The monoisotopic (exact) mass is 290 g/mol. The molecule has 1 aromatic heterocycles. The van der Waals surface area contributed by atoms with Crippen LogP contribution in [-0.4, -0.2) is 18.1 Å². The van der Waals surface area contributed by atoms with Gasteiger partial charge >= 0.3 is 0 Å². The zero-order valence-electron chi connectivity index (χ0n) is 12.1. The van der Waals surface area contributed by atoms with Gasteiger partial charge in [0.15, 0.2) is 0 Å². The lowest BCUT2D eigenvalue weighted by molar-refractivity contribution is 0.0524. The molecular weight excluding hydrogens is 268 g/mol. The minimum Gasteiger partial charge on any atom is -0.375 e. The van der Waals surface area contributed by atoms with Crippen LogP contribution in [0.25, 0.3) is 0 Å². The number of ether oxygens (including phenoxy) is 1. The highest BCUT2D eigenvalue weighted by molar-refractivity contribution is 7.09. The van der Waals surface area contributed by atoms with Crippen molar-refractivity contribution in [1.82, 2.24) is 10.3 Å². The lowest BCUT2D eigenvalue weighted by atomic mass is 9.95. The van der Waals surface area contributed by atoms with Gasteiger partial charge in [-0.1, -0.05) is 44.2 Å². The summed E-state index contributed by atoms with van der Waals surface area (Å²) in [6, 6.07) is 10.5. The van der Waals surface area contributed by atoms with Crippen molar-refractivity contribution in [2.24, 2.45) is 5.41 Å². The second kappa shape index (κ2) is 7.53. The fourth-order valence-electron chi connectivity index (χ4n) is 1.93. The summed E-state index contributed by atoms with van der Waals surface area (Å²) in [4.78, 5) is 5.23. The van der Waals surface area contributed by atoms with Gasteiger partial charge in [0.05, 0.1) is 23.6 Å². The average molecular weight is 290 g/mol. The highest BCUT2D eigenvalue weighted by atomic mass is 32.1. The highest BCUT2D eigenvalue weighted by Gasteiger charge is 2.17. The fourth-order valence-corrected chi connectivity index (χ4v) is 2.46. The van der Waals surface area contributed by atoms with Gasteiger partial charge < -0.3 is 10.1 Å². The van der Waals surface area contributed by atoms with Crippen LogP contribution in [0.2, 0.25) is 0 Å². The first-order valence-electron chi connectivity index (χ1n) is 6.85. The van der Waals surface area contributed by atoms with E-state index in [1.165, 1.54) is 10.4 Å². The van der Waals surface area contributed by atoms with Gasteiger partial charge in [0, 0.05) is 24.7 Å². The Kier molecular flexibility index (Phi) is 5.71. The molecule has 0 bridgehead atoms. The molecule has 4 heteroatoms. The van der Waals surface area contributed by atoms with E-state index < -0.39 is 0 Å². The first kappa shape index (κ1) is 15.2. The Balaban J connectivity index is 1.65. The minimum atomic E-state index is 0.124. The predicted molar refractivity (Wildman–Crippen MR) is 83.7 cm³/mol. The van der Waals surface area contributed by atoms with Gasteiger partial charge in [-0.25, -0.2) is 0 Å². The molecule has 0 aliphatic rings.